The number of alkyl halides is 2. The predicted molar refractivity (Wildman–Crippen MR) is 48.6 cm³/mol. The van der Waals surface area contributed by atoms with Crippen molar-refractivity contribution in [1.29, 1.82) is 0 Å². The van der Waals surface area contributed by atoms with E-state index in [2.05, 4.69) is 26.1 Å². The number of halogens is 3. The normalized spacial score (nSPS) is 10.2. The second-order valence-electron chi connectivity index (χ2n) is 2.16. The average molecular weight is 253 g/mol. The van der Waals surface area contributed by atoms with Crippen molar-refractivity contribution >= 4 is 21.6 Å². The molecular formula is C7H7BrF2N2O. The SMILES string of the molecule is NNc1ccc(OC(F)F)cc1Br. The number of nitrogens with two attached hydrogens (primary N) is 1. The van der Waals surface area contributed by atoms with Crippen LogP contribution >= 0.6 is 15.9 Å². The van der Waals surface area contributed by atoms with E-state index in [1.165, 1.54) is 18.2 Å². The Morgan fingerprint density at radius 2 is 2.15 bits per heavy atom. The Labute approximate surface area is 82.0 Å². The van der Waals surface area contributed by atoms with Crippen molar-refractivity contribution in [3.63, 3.8) is 0 Å². The highest BCUT2D eigenvalue weighted by Gasteiger charge is 2.05. The summed E-state index contributed by atoms with van der Waals surface area (Å²) in [4.78, 5) is 0. The van der Waals surface area contributed by atoms with Gasteiger partial charge in [-0.05, 0) is 34.1 Å². The summed E-state index contributed by atoms with van der Waals surface area (Å²) in [6, 6.07) is 4.33. The lowest BCUT2D eigenvalue weighted by molar-refractivity contribution is -0.0498. The minimum atomic E-state index is -2.82. The standard InChI is InChI=1S/C7H7BrF2N2O/c8-5-3-4(13-7(9)10)1-2-6(5)12-11/h1-3,7,12H,11H2. The van der Waals surface area contributed by atoms with Gasteiger partial charge in [0.2, 0.25) is 0 Å². The van der Waals surface area contributed by atoms with Crippen molar-refractivity contribution < 1.29 is 13.5 Å². The highest BCUT2D eigenvalue weighted by molar-refractivity contribution is 9.10. The summed E-state index contributed by atoms with van der Waals surface area (Å²) in [5, 5.41) is 0. The molecule has 0 bridgehead atoms. The van der Waals surface area contributed by atoms with Crippen LogP contribution in [0.4, 0.5) is 14.5 Å². The maximum atomic E-state index is 11.8. The number of benzene rings is 1. The molecule has 0 saturated heterocycles. The van der Waals surface area contributed by atoms with Crippen LogP contribution in [-0.2, 0) is 0 Å². The molecule has 0 aromatic heterocycles. The van der Waals surface area contributed by atoms with Crippen molar-refractivity contribution in [3.05, 3.63) is 22.7 Å². The zero-order chi connectivity index (χ0) is 9.84. The molecule has 0 heterocycles. The number of hydrogen-bond donors (Lipinski definition) is 2. The first kappa shape index (κ1) is 10.2. The Bertz CT molecular complexity index is 296. The molecular weight excluding hydrogens is 246 g/mol. The highest BCUT2D eigenvalue weighted by atomic mass is 79.9. The van der Waals surface area contributed by atoms with Gasteiger partial charge < -0.3 is 10.2 Å². The Hall–Kier alpha value is -0.880. The Morgan fingerprint density at radius 3 is 2.62 bits per heavy atom. The lowest BCUT2D eigenvalue weighted by Crippen LogP contribution is -2.07. The topological polar surface area (TPSA) is 47.3 Å². The molecule has 0 radical (unpaired) electrons. The van der Waals surface area contributed by atoms with Crippen LogP contribution in [-0.4, -0.2) is 6.61 Å². The fraction of sp³-hybridized carbons (Fsp3) is 0.143. The van der Waals surface area contributed by atoms with Gasteiger partial charge in [-0.2, -0.15) is 8.78 Å². The number of nitrogens with one attached hydrogen (secondary N) is 1. The van der Waals surface area contributed by atoms with E-state index in [1.54, 1.807) is 0 Å². The van der Waals surface area contributed by atoms with Gasteiger partial charge in [0.15, 0.2) is 0 Å². The molecule has 0 aliphatic carbocycles. The van der Waals surface area contributed by atoms with E-state index in [0.29, 0.717) is 10.2 Å². The van der Waals surface area contributed by atoms with Crippen LogP contribution in [0.2, 0.25) is 0 Å². The van der Waals surface area contributed by atoms with Crippen molar-refractivity contribution in [2.75, 3.05) is 5.43 Å². The molecule has 0 atom stereocenters. The first-order valence-corrected chi connectivity index (χ1v) is 4.13. The quantitative estimate of drug-likeness (QED) is 0.642. The van der Waals surface area contributed by atoms with Crippen molar-refractivity contribution in [1.82, 2.24) is 0 Å². The molecule has 0 unspecified atom stereocenters. The lowest BCUT2D eigenvalue weighted by atomic mass is 10.3. The molecule has 6 heteroatoms. The molecule has 72 valence electrons. The third-order valence-corrected chi connectivity index (χ3v) is 1.98. The minimum absolute atomic E-state index is 0.0841. The van der Waals surface area contributed by atoms with E-state index in [-0.39, 0.29) is 5.75 Å². The molecule has 0 fully saturated rings. The summed E-state index contributed by atoms with van der Waals surface area (Å²) >= 11 is 3.13. The number of hydrazine groups is 1. The number of anilines is 1. The van der Waals surface area contributed by atoms with Gasteiger partial charge in [0.1, 0.15) is 5.75 Å². The number of rotatable bonds is 3. The van der Waals surface area contributed by atoms with Crippen molar-refractivity contribution in [2.24, 2.45) is 5.84 Å². The monoisotopic (exact) mass is 252 g/mol. The number of nitrogen functional groups attached to an aromatic ring is 1. The second-order valence-corrected chi connectivity index (χ2v) is 3.02. The first-order chi connectivity index (χ1) is 6.13. The summed E-state index contributed by atoms with van der Waals surface area (Å²) in [6.45, 7) is -2.82. The summed E-state index contributed by atoms with van der Waals surface area (Å²) < 4.78 is 28.2. The maximum absolute atomic E-state index is 11.8. The Kier molecular flexibility index (Phi) is 3.44. The molecule has 1 rings (SSSR count). The molecule has 3 nitrogen and oxygen atoms in total. The molecule has 0 saturated carbocycles. The van der Waals surface area contributed by atoms with Crippen LogP contribution in [0.25, 0.3) is 0 Å². The van der Waals surface area contributed by atoms with E-state index in [1.807, 2.05) is 0 Å². The Morgan fingerprint density at radius 1 is 1.46 bits per heavy atom. The second kappa shape index (κ2) is 4.38. The predicted octanol–water partition coefficient (Wildman–Crippen LogP) is 2.34. The molecule has 1 aromatic rings. The van der Waals surface area contributed by atoms with Gasteiger partial charge in [-0.3, -0.25) is 5.84 Å². The van der Waals surface area contributed by atoms with Crippen LogP contribution in [0.15, 0.2) is 22.7 Å². The van der Waals surface area contributed by atoms with Gasteiger partial charge in [-0.1, -0.05) is 0 Å². The molecule has 0 aliphatic rings. The van der Waals surface area contributed by atoms with Crippen LogP contribution in [0.5, 0.6) is 5.75 Å². The zero-order valence-corrected chi connectivity index (χ0v) is 8.01. The molecule has 0 spiro atoms. The number of hydrogen-bond acceptors (Lipinski definition) is 3. The third-order valence-electron chi connectivity index (χ3n) is 1.32. The van der Waals surface area contributed by atoms with E-state index >= 15 is 0 Å². The van der Waals surface area contributed by atoms with Crippen LogP contribution < -0.4 is 16.0 Å². The van der Waals surface area contributed by atoms with E-state index in [9.17, 15) is 8.78 Å². The highest BCUT2D eigenvalue weighted by Crippen LogP contribution is 2.27. The van der Waals surface area contributed by atoms with Crippen LogP contribution in [0, 0.1) is 0 Å². The zero-order valence-electron chi connectivity index (χ0n) is 6.43. The largest absolute Gasteiger partial charge is 0.435 e. The van der Waals surface area contributed by atoms with Gasteiger partial charge >= 0.3 is 6.61 Å². The van der Waals surface area contributed by atoms with Gasteiger partial charge in [0.05, 0.1) is 5.69 Å². The van der Waals surface area contributed by atoms with E-state index in [0.717, 1.165) is 0 Å². The minimum Gasteiger partial charge on any atom is -0.435 e. The summed E-state index contributed by atoms with van der Waals surface area (Å²) in [5.74, 6) is 5.22. The molecule has 1 aromatic carbocycles. The van der Waals surface area contributed by atoms with Crippen LogP contribution in [0.3, 0.4) is 0 Å². The summed E-state index contributed by atoms with van der Waals surface area (Å²) in [7, 11) is 0. The average Bonchev–Trinajstić information content (AvgIpc) is 2.03. The Balaban J connectivity index is 2.83. The smallest absolute Gasteiger partial charge is 0.387 e. The van der Waals surface area contributed by atoms with Gasteiger partial charge in [0.25, 0.3) is 0 Å². The van der Waals surface area contributed by atoms with Gasteiger partial charge in [-0.25, -0.2) is 0 Å². The van der Waals surface area contributed by atoms with E-state index in [4.69, 9.17) is 5.84 Å². The molecule has 0 amide bonds. The third kappa shape index (κ3) is 2.82. The van der Waals surface area contributed by atoms with Crippen LogP contribution in [0.1, 0.15) is 0 Å². The fourth-order valence-electron chi connectivity index (χ4n) is 0.789. The molecule has 3 N–H and O–H groups in total. The van der Waals surface area contributed by atoms with Gasteiger partial charge in [0, 0.05) is 4.47 Å². The fourth-order valence-corrected chi connectivity index (χ4v) is 1.26. The van der Waals surface area contributed by atoms with E-state index < -0.39 is 6.61 Å². The number of ether oxygens (including phenoxy) is 1. The lowest BCUT2D eigenvalue weighted by Gasteiger charge is -2.07. The van der Waals surface area contributed by atoms with Crippen molar-refractivity contribution in [2.45, 2.75) is 6.61 Å². The van der Waals surface area contributed by atoms with Gasteiger partial charge in [-0.15, -0.1) is 0 Å². The first-order valence-electron chi connectivity index (χ1n) is 3.34. The van der Waals surface area contributed by atoms with Crippen molar-refractivity contribution in [3.8, 4) is 5.75 Å². The summed E-state index contributed by atoms with van der Waals surface area (Å²) in [5.41, 5.74) is 2.98. The maximum Gasteiger partial charge on any atom is 0.387 e. The summed E-state index contributed by atoms with van der Waals surface area (Å²) in [6.07, 6.45) is 0. The molecule has 13 heavy (non-hydrogen) atoms. The molecule has 0 aliphatic heterocycles.